The molecule has 1 aromatic carbocycles. The van der Waals surface area contributed by atoms with Gasteiger partial charge < -0.3 is 10.2 Å². The van der Waals surface area contributed by atoms with Crippen LogP contribution in [0.25, 0.3) is 0 Å². The number of likely N-dealkylation sites (tertiary alicyclic amines) is 1. The molecule has 1 fully saturated rings. The third-order valence-corrected chi connectivity index (χ3v) is 5.02. The average Bonchev–Trinajstić information content (AvgIpc) is 2.34. The van der Waals surface area contributed by atoms with Crippen LogP contribution >= 0.6 is 47.8 Å². The minimum absolute atomic E-state index is 0.0318. The third kappa shape index (κ3) is 3.95. The largest absolute Gasteiger partial charge is 0.325 e. The molecular formula is C13H15Br3N2O. The Bertz CT molecular complexity index is 462. The fourth-order valence-corrected chi connectivity index (χ4v) is 4.52. The molecule has 1 heterocycles. The zero-order chi connectivity index (χ0) is 14.0. The van der Waals surface area contributed by atoms with E-state index in [1.807, 2.05) is 17.0 Å². The van der Waals surface area contributed by atoms with E-state index < -0.39 is 0 Å². The first kappa shape index (κ1) is 15.3. The van der Waals surface area contributed by atoms with Crippen LogP contribution in [0.1, 0.15) is 19.8 Å². The van der Waals surface area contributed by atoms with Crippen LogP contribution in [0.4, 0.5) is 10.5 Å². The van der Waals surface area contributed by atoms with E-state index in [0.29, 0.717) is 0 Å². The summed E-state index contributed by atoms with van der Waals surface area (Å²) in [6.07, 6.45) is 2.16. The number of piperidine rings is 1. The predicted molar refractivity (Wildman–Crippen MR) is 88.5 cm³/mol. The van der Waals surface area contributed by atoms with Gasteiger partial charge in [-0.05, 0) is 62.8 Å². The predicted octanol–water partition coefficient (Wildman–Crippen LogP) is 5.24. The van der Waals surface area contributed by atoms with Gasteiger partial charge in [0.2, 0.25) is 0 Å². The summed E-state index contributed by atoms with van der Waals surface area (Å²) in [4.78, 5) is 14.1. The minimum atomic E-state index is -0.0318. The van der Waals surface area contributed by atoms with Crippen molar-refractivity contribution in [3.05, 3.63) is 25.6 Å². The molecule has 3 nitrogen and oxygen atoms in total. The molecule has 19 heavy (non-hydrogen) atoms. The maximum Gasteiger partial charge on any atom is 0.321 e. The van der Waals surface area contributed by atoms with Gasteiger partial charge in [0.25, 0.3) is 0 Å². The number of carbonyl (C=O) groups excluding carboxylic acids is 1. The fourth-order valence-electron chi connectivity index (χ4n) is 2.06. The van der Waals surface area contributed by atoms with Crippen molar-refractivity contribution in [1.29, 1.82) is 0 Å². The van der Waals surface area contributed by atoms with Gasteiger partial charge >= 0.3 is 6.03 Å². The van der Waals surface area contributed by atoms with Gasteiger partial charge in [-0.15, -0.1) is 0 Å². The summed E-state index contributed by atoms with van der Waals surface area (Å²) in [6.45, 7) is 3.90. The van der Waals surface area contributed by atoms with E-state index in [4.69, 9.17) is 0 Å². The van der Waals surface area contributed by atoms with Crippen molar-refractivity contribution in [3.8, 4) is 0 Å². The van der Waals surface area contributed by atoms with Crippen molar-refractivity contribution in [2.45, 2.75) is 19.8 Å². The van der Waals surface area contributed by atoms with Gasteiger partial charge in [-0.3, -0.25) is 0 Å². The van der Waals surface area contributed by atoms with E-state index >= 15 is 0 Å². The van der Waals surface area contributed by atoms with Crippen molar-refractivity contribution in [2.24, 2.45) is 5.92 Å². The molecule has 2 rings (SSSR count). The lowest BCUT2D eigenvalue weighted by molar-refractivity contribution is 0.186. The Morgan fingerprint density at radius 3 is 2.26 bits per heavy atom. The standard InChI is InChI=1S/C13H15Br3N2O/c1-8-2-4-18(5-3-8)13(19)17-12-10(15)6-9(14)7-11(12)16/h6-8H,2-5H2,1H3,(H,17,19). The third-order valence-electron chi connectivity index (χ3n) is 3.31. The van der Waals surface area contributed by atoms with Crippen LogP contribution in [0.3, 0.4) is 0 Å². The Labute approximate surface area is 138 Å². The molecule has 0 saturated carbocycles. The van der Waals surface area contributed by atoms with E-state index in [1.54, 1.807) is 0 Å². The highest BCUT2D eigenvalue weighted by atomic mass is 79.9. The second-order valence-electron chi connectivity index (χ2n) is 4.84. The lowest BCUT2D eigenvalue weighted by Gasteiger charge is -2.30. The van der Waals surface area contributed by atoms with Crippen molar-refractivity contribution < 1.29 is 4.79 Å². The topological polar surface area (TPSA) is 32.3 Å². The number of hydrogen-bond donors (Lipinski definition) is 1. The van der Waals surface area contributed by atoms with Crippen LogP contribution in [-0.2, 0) is 0 Å². The number of halogens is 3. The molecule has 0 radical (unpaired) electrons. The molecular weight excluding hydrogens is 440 g/mol. The second kappa shape index (κ2) is 6.59. The van der Waals surface area contributed by atoms with E-state index in [-0.39, 0.29) is 6.03 Å². The summed E-state index contributed by atoms with van der Waals surface area (Å²) in [5.41, 5.74) is 0.770. The summed E-state index contributed by atoms with van der Waals surface area (Å²) >= 11 is 10.3. The molecule has 1 aliphatic rings. The fraction of sp³-hybridized carbons (Fsp3) is 0.462. The van der Waals surface area contributed by atoms with E-state index in [1.165, 1.54) is 0 Å². The number of amides is 2. The van der Waals surface area contributed by atoms with Crippen molar-refractivity contribution in [2.75, 3.05) is 18.4 Å². The molecule has 1 saturated heterocycles. The SMILES string of the molecule is CC1CCN(C(=O)Nc2c(Br)cc(Br)cc2Br)CC1. The molecule has 2 amide bonds. The Morgan fingerprint density at radius 1 is 1.21 bits per heavy atom. The smallest absolute Gasteiger partial charge is 0.321 e. The van der Waals surface area contributed by atoms with Gasteiger partial charge in [-0.2, -0.15) is 0 Å². The molecule has 0 atom stereocenters. The summed E-state index contributed by atoms with van der Waals surface area (Å²) in [5, 5.41) is 2.96. The summed E-state index contributed by atoms with van der Waals surface area (Å²) in [7, 11) is 0. The van der Waals surface area contributed by atoms with Crippen LogP contribution in [0.5, 0.6) is 0 Å². The number of carbonyl (C=O) groups is 1. The molecule has 104 valence electrons. The first-order valence-electron chi connectivity index (χ1n) is 6.18. The summed E-state index contributed by atoms with van der Waals surface area (Å²) < 4.78 is 2.66. The quantitative estimate of drug-likeness (QED) is 0.618. The van der Waals surface area contributed by atoms with Crippen molar-refractivity contribution in [3.63, 3.8) is 0 Å². The number of urea groups is 1. The van der Waals surface area contributed by atoms with Crippen molar-refractivity contribution >= 4 is 59.5 Å². The number of hydrogen-bond acceptors (Lipinski definition) is 1. The molecule has 0 spiro atoms. The Hall–Kier alpha value is -0.0700. The lowest BCUT2D eigenvalue weighted by atomic mass is 10.00. The highest BCUT2D eigenvalue weighted by Gasteiger charge is 2.21. The van der Waals surface area contributed by atoms with Gasteiger partial charge in [0.15, 0.2) is 0 Å². The van der Waals surface area contributed by atoms with Gasteiger partial charge in [0.05, 0.1) is 5.69 Å². The zero-order valence-electron chi connectivity index (χ0n) is 10.5. The highest BCUT2D eigenvalue weighted by molar-refractivity contribution is 9.11. The number of benzene rings is 1. The van der Waals surface area contributed by atoms with Crippen LogP contribution < -0.4 is 5.32 Å². The molecule has 0 unspecified atom stereocenters. The second-order valence-corrected chi connectivity index (χ2v) is 7.47. The number of nitrogens with zero attached hydrogens (tertiary/aromatic N) is 1. The Morgan fingerprint density at radius 2 is 1.74 bits per heavy atom. The first-order valence-corrected chi connectivity index (χ1v) is 8.55. The molecule has 0 aromatic heterocycles. The van der Waals surface area contributed by atoms with Crippen LogP contribution in [0.2, 0.25) is 0 Å². The molecule has 1 aromatic rings. The van der Waals surface area contributed by atoms with Gasteiger partial charge in [0.1, 0.15) is 0 Å². The zero-order valence-corrected chi connectivity index (χ0v) is 15.3. The molecule has 1 N–H and O–H groups in total. The summed E-state index contributed by atoms with van der Waals surface area (Å²) in [5.74, 6) is 0.718. The Balaban J connectivity index is 2.07. The average molecular weight is 455 g/mol. The van der Waals surface area contributed by atoms with Gasteiger partial charge in [-0.25, -0.2) is 4.79 Å². The lowest BCUT2D eigenvalue weighted by Crippen LogP contribution is -2.40. The van der Waals surface area contributed by atoms with Gasteiger partial charge in [0, 0.05) is 26.5 Å². The molecule has 6 heteroatoms. The van der Waals surface area contributed by atoms with Crippen molar-refractivity contribution in [1.82, 2.24) is 4.90 Å². The number of rotatable bonds is 1. The first-order chi connectivity index (χ1) is 8.97. The maximum atomic E-state index is 12.2. The molecule has 0 bridgehead atoms. The highest BCUT2D eigenvalue weighted by Crippen LogP contribution is 2.34. The normalized spacial score (nSPS) is 16.5. The number of nitrogens with one attached hydrogen (secondary N) is 1. The van der Waals surface area contributed by atoms with E-state index in [0.717, 1.165) is 51.0 Å². The monoisotopic (exact) mass is 452 g/mol. The number of anilines is 1. The van der Waals surface area contributed by atoms with E-state index in [9.17, 15) is 4.79 Å². The summed E-state index contributed by atoms with van der Waals surface area (Å²) in [6, 6.07) is 3.80. The van der Waals surface area contributed by atoms with Gasteiger partial charge in [-0.1, -0.05) is 22.9 Å². The van der Waals surface area contributed by atoms with Crippen LogP contribution in [-0.4, -0.2) is 24.0 Å². The molecule has 1 aliphatic heterocycles. The van der Waals surface area contributed by atoms with Crippen LogP contribution in [0.15, 0.2) is 25.6 Å². The van der Waals surface area contributed by atoms with E-state index in [2.05, 4.69) is 60.0 Å². The minimum Gasteiger partial charge on any atom is -0.325 e. The molecule has 0 aliphatic carbocycles. The Kier molecular flexibility index (Phi) is 5.31. The van der Waals surface area contributed by atoms with Crippen LogP contribution in [0, 0.1) is 5.92 Å². The maximum absolute atomic E-state index is 12.2.